The standard InChI is InChI=1S/C11H19BrO2/c1-10(2,11(3,4)12)8-6-7(8)9(13)14-5/h7-8H,6H2,1-5H3. The van der Waals surface area contributed by atoms with E-state index >= 15 is 0 Å². The highest BCUT2D eigenvalue weighted by Gasteiger charge is 2.56. The van der Waals surface area contributed by atoms with Crippen molar-refractivity contribution in [1.29, 1.82) is 0 Å². The van der Waals surface area contributed by atoms with Gasteiger partial charge in [-0.15, -0.1) is 0 Å². The highest BCUT2D eigenvalue weighted by molar-refractivity contribution is 9.10. The Kier molecular flexibility index (Phi) is 3.01. The lowest BCUT2D eigenvalue weighted by Gasteiger charge is -2.37. The lowest BCUT2D eigenvalue weighted by atomic mass is 9.76. The van der Waals surface area contributed by atoms with Gasteiger partial charge in [0.05, 0.1) is 13.0 Å². The van der Waals surface area contributed by atoms with Crippen LogP contribution in [-0.2, 0) is 9.53 Å². The second-order valence-electron chi connectivity index (χ2n) is 5.17. The van der Waals surface area contributed by atoms with Crippen LogP contribution in [0.4, 0.5) is 0 Å². The predicted octanol–water partition coefficient (Wildman–Crippen LogP) is 3.00. The number of hydrogen-bond donors (Lipinski definition) is 0. The van der Waals surface area contributed by atoms with E-state index < -0.39 is 0 Å². The molecule has 1 aliphatic rings. The second-order valence-corrected chi connectivity index (χ2v) is 7.15. The first kappa shape index (κ1) is 12.0. The molecule has 0 spiro atoms. The third kappa shape index (κ3) is 1.97. The largest absolute Gasteiger partial charge is 0.469 e. The van der Waals surface area contributed by atoms with Crippen LogP contribution in [0.3, 0.4) is 0 Å². The summed E-state index contributed by atoms with van der Waals surface area (Å²) >= 11 is 3.69. The number of alkyl halides is 1. The van der Waals surface area contributed by atoms with Crippen molar-refractivity contribution >= 4 is 21.9 Å². The molecule has 0 radical (unpaired) electrons. The van der Waals surface area contributed by atoms with Crippen molar-refractivity contribution in [3.05, 3.63) is 0 Å². The molecule has 1 fully saturated rings. The maximum atomic E-state index is 11.3. The van der Waals surface area contributed by atoms with E-state index in [1.165, 1.54) is 7.11 Å². The molecular formula is C11H19BrO2. The molecule has 1 aliphatic carbocycles. The lowest BCUT2D eigenvalue weighted by molar-refractivity contribution is -0.143. The Morgan fingerprint density at radius 3 is 2.21 bits per heavy atom. The molecule has 2 unspecified atom stereocenters. The molecule has 0 aromatic heterocycles. The van der Waals surface area contributed by atoms with Crippen molar-refractivity contribution in [3.8, 4) is 0 Å². The first-order chi connectivity index (χ1) is 6.21. The summed E-state index contributed by atoms with van der Waals surface area (Å²) in [6.45, 7) is 8.71. The molecule has 0 aliphatic heterocycles. The minimum absolute atomic E-state index is 0.0490. The summed E-state index contributed by atoms with van der Waals surface area (Å²) in [6.07, 6.45) is 0.967. The van der Waals surface area contributed by atoms with E-state index in [1.54, 1.807) is 0 Å². The third-order valence-electron chi connectivity index (χ3n) is 3.75. The van der Waals surface area contributed by atoms with Crippen LogP contribution in [0, 0.1) is 17.3 Å². The molecule has 0 aromatic rings. The number of esters is 1. The Morgan fingerprint density at radius 1 is 1.36 bits per heavy atom. The van der Waals surface area contributed by atoms with Crippen LogP contribution < -0.4 is 0 Å². The van der Waals surface area contributed by atoms with Gasteiger partial charge in [0.1, 0.15) is 0 Å². The van der Waals surface area contributed by atoms with E-state index in [0.717, 1.165) is 6.42 Å². The fourth-order valence-corrected chi connectivity index (χ4v) is 2.14. The van der Waals surface area contributed by atoms with Crippen LogP contribution in [0.15, 0.2) is 0 Å². The van der Waals surface area contributed by atoms with Gasteiger partial charge in [-0.05, 0) is 31.6 Å². The van der Waals surface area contributed by atoms with Crippen molar-refractivity contribution in [2.75, 3.05) is 7.11 Å². The molecular weight excluding hydrogens is 244 g/mol. The average Bonchev–Trinajstić information content (AvgIpc) is 2.80. The SMILES string of the molecule is COC(=O)C1CC1C(C)(C)C(C)(C)Br. The van der Waals surface area contributed by atoms with Gasteiger partial charge in [0.25, 0.3) is 0 Å². The smallest absolute Gasteiger partial charge is 0.308 e. The minimum atomic E-state index is -0.0557. The molecule has 1 rings (SSSR count). The average molecular weight is 263 g/mol. The van der Waals surface area contributed by atoms with Crippen LogP contribution in [0.2, 0.25) is 0 Å². The molecule has 0 saturated heterocycles. The quantitative estimate of drug-likeness (QED) is 0.578. The van der Waals surface area contributed by atoms with Crippen LogP contribution >= 0.6 is 15.9 Å². The first-order valence-corrected chi connectivity index (χ1v) is 5.78. The van der Waals surface area contributed by atoms with Crippen molar-refractivity contribution in [2.45, 2.75) is 38.4 Å². The van der Waals surface area contributed by atoms with E-state index in [4.69, 9.17) is 4.74 Å². The predicted molar refractivity (Wildman–Crippen MR) is 60.4 cm³/mol. The van der Waals surface area contributed by atoms with Gasteiger partial charge in [-0.1, -0.05) is 29.8 Å². The summed E-state index contributed by atoms with van der Waals surface area (Å²) < 4.78 is 4.81. The zero-order valence-electron chi connectivity index (χ0n) is 9.56. The van der Waals surface area contributed by atoms with Gasteiger partial charge in [-0.25, -0.2) is 0 Å². The fraction of sp³-hybridized carbons (Fsp3) is 0.909. The number of ether oxygens (including phenoxy) is 1. The Bertz CT molecular complexity index is 240. The van der Waals surface area contributed by atoms with Crippen molar-refractivity contribution in [1.82, 2.24) is 0 Å². The van der Waals surface area contributed by atoms with Crippen molar-refractivity contribution in [3.63, 3.8) is 0 Å². The van der Waals surface area contributed by atoms with E-state index in [9.17, 15) is 4.79 Å². The molecule has 1 saturated carbocycles. The van der Waals surface area contributed by atoms with Gasteiger partial charge in [0.2, 0.25) is 0 Å². The lowest BCUT2D eigenvalue weighted by Crippen LogP contribution is -2.36. The van der Waals surface area contributed by atoms with Crippen molar-refractivity contribution in [2.24, 2.45) is 17.3 Å². The van der Waals surface area contributed by atoms with Gasteiger partial charge < -0.3 is 4.74 Å². The molecule has 14 heavy (non-hydrogen) atoms. The summed E-state index contributed by atoms with van der Waals surface area (Å²) in [6, 6.07) is 0. The molecule has 0 bridgehead atoms. The summed E-state index contributed by atoms with van der Waals surface area (Å²) in [5.41, 5.74) is 0.117. The van der Waals surface area contributed by atoms with E-state index in [2.05, 4.69) is 43.6 Å². The van der Waals surface area contributed by atoms with Crippen LogP contribution in [0.5, 0.6) is 0 Å². The Balaban J connectivity index is 2.67. The summed E-state index contributed by atoms with van der Waals surface area (Å²) in [5.74, 6) is 0.510. The van der Waals surface area contributed by atoms with Gasteiger partial charge >= 0.3 is 5.97 Å². The van der Waals surface area contributed by atoms with Gasteiger partial charge in [-0.2, -0.15) is 0 Å². The zero-order valence-corrected chi connectivity index (χ0v) is 11.1. The van der Waals surface area contributed by atoms with Crippen LogP contribution in [0.1, 0.15) is 34.1 Å². The van der Waals surface area contributed by atoms with Gasteiger partial charge in [0.15, 0.2) is 0 Å². The Hall–Kier alpha value is -0.0500. The molecule has 0 heterocycles. The van der Waals surface area contributed by atoms with E-state index in [-0.39, 0.29) is 21.6 Å². The number of rotatable bonds is 3. The normalized spacial score (nSPS) is 27.3. The van der Waals surface area contributed by atoms with Gasteiger partial charge in [-0.3, -0.25) is 4.79 Å². The number of hydrogen-bond acceptors (Lipinski definition) is 2. The third-order valence-corrected chi connectivity index (χ3v) is 4.78. The van der Waals surface area contributed by atoms with E-state index in [1.807, 2.05) is 0 Å². The Labute approximate surface area is 94.5 Å². The number of carbonyl (C=O) groups excluding carboxylic acids is 1. The maximum Gasteiger partial charge on any atom is 0.308 e. The highest BCUT2D eigenvalue weighted by Crippen LogP contribution is 2.58. The molecule has 0 amide bonds. The van der Waals surface area contributed by atoms with E-state index in [0.29, 0.717) is 5.92 Å². The molecule has 2 atom stereocenters. The molecule has 82 valence electrons. The fourth-order valence-electron chi connectivity index (χ4n) is 1.85. The zero-order chi connectivity index (χ0) is 11.1. The maximum absolute atomic E-state index is 11.3. The van der Waals surface area contributed by atoms with Crippen molar-refractivity contribution < 1.29 is 9.53 Å². The number of halogens is 1. The summed E-state index contributed by atoms with van der Waals surface area (Å²) in [7, 11) is 1.46. The monoisotopic (exact) mass is 262 g/mol. The Morgan fingerprint density at radius 2 is 1.86 bits per heavy atom. The van der Waals surface area contributed by atoms with Crippen LogP contribution in [0.25, 0.3) is 0 Å². The first-order valence-electron chi connectivity index (χ1n) is 4.98. The molecule has 2 nitrogen and oxygen atoms in total. The number of carbonyl (C=O) groups is 1. The summed E-state index contributed by atoms with van der Waals surface area (Å²) in [5, 5.41) is 0. The molecule has 0 N–H and O–H groups in total. The molecule has 0 aromatic carbocycles. The molecule has 3 heteroatoms. The minimum Gasteiger partial charge on any atom is -0.469 e. The van der Waals surface area contributed by atoms with Crippen LogP contribution in [-0.4, -0.2) is 17.4 Å². The topological polar surface area (TPSA) is 26.3 Å². The number of methoxy groups -OCH3 is 1. The summed E-state index contributed by atoms with van der Waals surface area (Å²) in [4.78, 5) is 11.3. The van der Waals surface area contributed by atoms with Gasteiger partial charge in [0, 0.05) is 4.32 Å². The second kappa shape index (κ2) is 3.51. The highest BCUT2D eigenvalue weighted by atomic mass is 79.9.